The number of alkyl halides is 1. The van der Waals surface area contributed by atoms with E-state index in [1.165, 1.54) is 0 Å². The van der Waals surface area contributed by atoms with Gasteiger partial charge in [-0.05, 0) is 20.8 Å². The van der Waals surface area contributed by atoms with Crippen LogP contribution in [0.1, 0.15) is 20.8 Å². The van der Waals surface area contributed by atoms with Gasteiger partial charge in [0.05, 0.1) is 20.1 Å². The van der Waals surface area contributed by atoms with Crippen LogP contribution in [-0.4, -0.2) is 25.5 Å². The maximum atomic E-state index is 5.86. The molecule has 0 N–H and O–H groups in total. The van der Waals surface area contributed by atoms with Crippen molar-refractivity contribution in [2.75, 3.05) is 5.33 Å². The Hall–Kier alpha value is 0.657. The molecule has 0 aliphatic rings. The third-order valence-electron chi connectivity index (χ3n) is 1.40. The highest BCUT2D eigenvalue weighted by atomic mass is 79.9. The van der Waals surface area contributed by atoms with Crippen molar-refractivity contribution in [3.05, 3.63) is 0 Å². The number of rotatable bonds is 3. The Morgan fingerprint density at radius 2 is 1.82 bits per heavy atom. The summed E-state index contributed by atoms with van der Waals surface area (Å²) in [5.41, 5.74) is 0.477. The van der Waals surface area contributed by atoms with Gasteiger partial charge in [0.1, 0.15) is 0 Å². The Balaban J connectivity index is 3.88. The summed E-state index contributed by atoms with van der Waals surface area (Å²) in [4.78, 5) is 0. The SMILES string of the molecule is C[SiH](C)C(CBr)OC(C)(C)C. The standard InChI is InChI=1S/C8H19BrOSi/c1-8(2,3)10-7(6-9)11(4)5/h7,11H,6H2,1-5H3. The summed E-state index contributed by atoms with van der Waals surface area (Å²) in [5, 5.41) is 0.980. The molecule has 0 radical (unpaired) electrons. The molecule has 1 nitrogen and oxygen atoms in total. The van der Waals surface area contributed by atoms with Crippen molar-refractivity contribution < 1.29 is 4.74 Å². The lowest BCUT2D eigenvalue weighted by Gasteiger charge is -2.28. The number of hydrogen-bond donors (Lipinski definition) is 0. The maximum Gasteiger partial charge on any atom is 0.0667 e. The minimum Gasteiger partial charge on any atom is -0.376 e. The largest absolute Gasteiger partial charge is 0.376 e. The predicted molar refractivity (Wildman–Crippen MR) is 57.3 cm³/mol. The van der Waals surface area contributed by atoms with Crippen LogP contribution in [-0.2, 0) is 4.74 Å². The van der Waals surface area contributed by atoms with E-state index in [1.807, 2.05) is 0 Å². The summed E-state index contributed by atoms with van der Waals surface area (Å²) < 4.78 is 5.86. The summed E-state index contributed by atoms with van der Waals surface area (Å²) in [7, 11) is -0.654. The van der Waals surface area contributed by atoms with E-state index in [0.717, 1.165) is 5.33 Å². The van der Waals surface area contributed by atoms with Crippen molar-refractivity contribution in [1.82, 2.24) is 0 Å². The molecule has 0 heterocycles. The van der Waals surface area contributed by atoms with Crippen LogP contribution in [0.15, 0.2) is 0 Å². The first-order chi connectivity index (χ1) is 4.87. The Kier molecular flexibility index (Phi) is 4.90. The highest BCUT2D eigenvalue weighted by Crippen LogP contribution is 2.14. The molecule has 68 valence electrons. The molecule has 0 aliphatic heterocycles. The molecule has 11 heavy (non-hydrogen) atoms. The summed E-state index contributed by atoms with van der Waals surface area (Å²) in [6.45, 7) is 11.0. The Bertz CT molecular complexity index is 109. The lowest BCUT2D eigenvalue weighted by atomic mass is 10.2. The molecule has 0 fully saturated rings. The molecule has 3 heteroatoms. The second kappa shape index (κ2) is 4.63. The zero-order valence-electron chi connectivity index (χ0n) is 8.15. The molecular weight excluding hydrogens is 220 g/mol. The molecule has 0 aromatic carbocycles. The first-order valence-corrected chi connectivity index (χ1v) is 8.20. The monoisotopic (exact) mass is 238 g/mol. The summed E-state index contributed by atoms with van der Waals surface area (Å²) >= 11 is 3.48. The molecule has 0 rings (SSSR count). The average molecular weight is 239 g/mol. The van der Waals surface area contributed by atoms with Crippen molar-refractivity contribution in [2.24, 2.45) is 0 Å². The van der Waals surface area contributed by atoms with Gasteiger partial charge in [0, 0.05) is 5.33 Å². The highest BCUT2D eigenvalue weighted by molar-refractivity contribution is 9.09. The van der Waals surface area contributed by atoms with Crippen LogP contribution < -0.4 is 0 Å². The Morgan fingerprint density at radius 1 is 1.36 bits per heavy atom. The van der Waals surface area contributed by atoms with Gasteiger partial charge in [-0.2, -0.15) is 0 Å². The molecule has 1 atom stereocenters. The Morgan fingerprint density at radius 3 is 1.91 bits per heavy atom. The third kappa shape index (κ3) is 5.88. The summed E-state index contributed by atoms with van der Waals surface area (Å²) in [6, 6.07) is 0. The summed E-state index contributed by atoms with van der Waals surface area (Å²) in [5.74, 6) is 0. The molecule has 0 saturated carbocycles. The van der Waals surface area contributed by atoms with Gasteiger partial charge in [0.2, 0.25) is 0 Å². The van der Waals surface area contributed by atoms with Gasteiger partial charge >= 0.3 is 0 Å². The third-order valence-corrected chi connectivity index (χ3v) is 4.59. The second-order valence-electron chi connectivity index (χ2n) is 4.17. The molecule has 0 amide bonds. The van der Waals surface area contributed by atoms with E-state index in [2.05, 4.69) is 49.8 Å². The van der Waals surface area contributed by atoms with Crippen molar-refractivity contribution in [3.8, 4) is 0 Å². The minimum absolute atomic E-state index is 0.00963. The number of hydrogen-bond acceptors (Lipinski definition) is 1. The smallest absolute Gasteiger partial charge is 0.0667 e. The van der Waals surface area contributed by atoms with Crippen molar-refractivity contribution in [3.63, 3.8) is 0 Å². The first-order valence-electron chi connectivity index (χ1n) is 4.10. The van der Waals surface area contributed by atoms with Crippen LogP contribution in [0.3, 0.4) is 0 Å². The van der Waals surface area contributed by atoms with E-state index >= 15 is 0 Å². The molecular formula is C8H19BrOSi. The fraction of sp³-hybridized carbons (Fsp3) is 1.00. The van der Waals surface area contributed by atoms with Crippen LogP contribution in [0, 0.1) is 0 Å². The molecule has 0 spiro atoms. The van der Waals surface area contributed by atoms with E-state index in [-0.39, 0.29) is 5.60 Å². The zero-order chi connectivity index (χ0) is 9.07. The number of halogens is 1. The molecule has 0 aliphatic carbocycles. The van der Waals surface area contributed by atoms with Gasteiger partial charge in [0.25, 0.3) is 0 Å². The molecule has 0 aromatic heterocycles. The van der Waals surface area contributed by atoms with Gasteiger partial charge in [-0.15, -0.1) is 0 Å². The van der Waals surface area contributed by atoms with Crippen LogP contribution in [0.4, 0.5) is 0 Å². The topological polar surface area (TPSA) is 9.23 Å². The molecule has 0 saturated heterocycles. The zero-order valence-corrected chi connectivity index (χ0v) is 10.9. The fourth-order valence-electron chi connectivity index (χ4n) is 0.800. The van der Waals surface area contributed by atoms with E-state index in [0.29, 0.717) is 5.73 Å². The van der Waals surface area contributed by atoms with Crippen LogP contribution in [0.25, 0.3) is 0 Å². The quantitative estimate of drug-likeness (QED) is 0.543. The first kappa shape index (κ1) is 11.7. The predicted octanol–water partition coefficient (Wildman–Crippen LogP) is 2.59. The Labute approximate surface area is 80.3 Å². The van der Waals surface area contributed by atoms with Crippen molar-refractivity contribution >= 4 is 24.7 Å². The van der Waals surface area contributed by atoms with Crippen molar-refractivity contribution in [1.29, 1.82) is 0 Å². The summed E-state index contributed by atoms with van der Waals surface area (Å²) in [6.07, 6.45) is 0. The van der Waals surface area contributed by atoms with Crippen LogP contribution in [0.2, 0.25) is 13.1 Å². The minimum atomic E-state index is -0.654. The molecule has 1 unspecified atom stereocenters. The van der Waals surface area contributed by atoms with Gasteiger partial charge in [0.15, 0.2) is 0 Å². The van der Waals surface area contributed by atoms with E-state index < -0.39 is 8.80 Å². The lowest BCUT2D eigenvalue weighted by molar-refractivity contribution is -0.0159. The maximum absolute atomic E-state index is 5.86. The van der Waals surface area contributed by atoms with Gasteiger partial charge in [-0.1, -0.05) is 29.0 Å². The number of ether oxygens (including phenoxy) is 1. The van der Waals surface area contributed by atoms with Gasteiger partial charge in [-0.25, -0.2) is 0 Å². The molecule has 0 bridgehead atoms. The molecule has 0 aromatic rings. The van der Waals surface area contributed by atoms with E-state index in [1.54, 1.807) is 0 Å². The van der Waals surface area contributed by atoms with E-state index in [9.17, 15) is 0 Å². The van der Waals surface area contributed by atoms with Gasteiger partial charge < -0.3 is 4.74 Å². The second-order valence-corrected chi connectivity index (χ2v) is 8.05. The average Bonchev–Trinajstić information content (AvgIpc) is 1.80. The fourth-order valence-corrected chi connectivity index (χ4v) is 4.21. The highest BCUT2D eigenvalue weighted by Gasteiger charge is 2.20. The van der Waals surface area contributed by atoms with E-state index in [4.69, 9.17) is 4.74 Å². The lowest BCUT2D eigenvalue weighted by Crippen LogP contribution is -2.36. The van der Waals surface area contributed by atoms with Crippen LogP contribution >= 0.6 is 15.9 Å². The van der Waals surface area contributed by atoms with Crippen molar-refractivity contribution in [2.45, 2.75) is 45.2 Å². The van der Waals surface area contributed by atoms with Gasteiger partial charge in [-0.3, -0.25) is 0 Å². The normalized spacial score (nSPS) is 15.5. The van der Waals surface area contributed by atoms with Crippen LogP contribution in [0.5, 0.6) is 0 Å².